The van der Waals surface area contributed by atoms with Crippen LogP contribution in [0.5, 0.6) is 0 Å². The van der Waals surface area contributed by atoms with E-state index in [0.717, 1.165) is 11.6 Å². The Hall–Kier alpha value is -2.87. The molecule has 21 heavy (non-hydrogen) atoms. The molecule has 3 N–H and O–H groups in total. The molecule has 0 heterocycles. The fourth-order valence-corrected chi connectivity index (χ4v) is 1.93. The lowest BCUT2D eigenvalue weighted by atomic mass is 10.1. The lowest BCUT2D eigenvalue weighted by molar-refractivity contribution is 0.102. The van der Waals surface area contributed by atoms with E-state index in [1.54, 1.807) is 18.2 Å². The summed E-state index contributed by atoms with van der Waals surface area (Å²) in [7, 11) is 0. The lowest BCUT2D eigenvalue weighted by Gasteiger charge is -2.11. The van der Waals surface area contributed by atoms with Crippen LogP contribution >= 0.6 is 0 Å². The van der Waals surface area contributed by atoms with Crippen LogP contribution in [0.1, 0.15) is 27.0 Å². The molecule has 2 aromatic rings. The molecule has 0 aliphatic heterocycles. The smallest absolute Gasteiger partial charge is 0.257 e. The summed E-state index contributed by atoms with van der Waals surface area (Å²) in [5.74, 6) is -0.977. The summed E-state index contributed by atoms with van der Waals surface area (Å²) in [6.45, 7) is 3.38. The van der Waals surface area contributed by atoms with Crippen molar-refractivity contribution in [2.75, 3.05) is 11.1 Å². The third kappa shape index (κ3) is 3.00. The van der Waals surface area contributed by atoms with Crippen molar-refractivity contribution in [2.45, 2.75) is 13.8 Å². The van der Waals surface area contributed by atoms with Gasteiger partial charge in [0.2, 0.25) is 0 Å². The second kappa shape index (κ2) is 5.63. The minimum Gasteiger partial charge on any atom is -0.398 e. The SMILES string of the molecule is Cc1ccc(N)c(C(=O)Nc2cc(C#N)cc(F)c2C)c1. The Bertz CT molecular complexity index is 763. The molecule has 2 rings (SSSR count). The van der Waals surface area contributed by atoms with Crippen molar-refractivity contribution in [2.24, 2.45) is 0 Å². The molecule has 0 spiro atoms. The van der Waals surface area contributed by atoms with Gasteiger partial charge in [0.05, 0.1) is 17.2 Å². The highest BCUT2D eigenvalue weighted by Crippen LogP contribution is 2.22. The normalized spacial score (nSPS) is 10.0. The first kappa shape index (κ1) is 14.5. The largest absolute Gasteiger partial charge is 0.398 e. The molecule has 0 saturated carbocycles. The van der Waals surface area contributed by atoms with Gasteiger partial charge < -0.3 is 11.1 Å². The van der Waals surface area contributed by atoms with E-state index in [9.17, 15) is 9.18 Å². The third-order valence-electron chi connectivity index (χ3n) is 3.18. The van der Waals surface area contributed by atoms with Crippen molar-refractivity contribution in [1.29, 1.82) is 5.26 Å². The minimum atomic E-state index is -0.540. The molecule has 0 saturated heterocycles. The lowest BCUT2D eigenvalue weighted by Crippen LogP contribution is -2.15. The highest BCUT2D eigenvalue weighted by Gasteiger charge is 2.14. The van der Waals surface area contributed by atoms with Crippen LogP contribution in [0.3, 0.4) is 0 Å². The van der Waals surface area contributed by atoms with Crippen LogP contribution in [0, 0.1) is 31.0 Å². The van der Waals surface area contributed by atoms with Crippen LogP contribution in [0.2, 0.25) is 0 Å². The van der Waals surface area contributed by atoms with Gasteiger partial charge in [-0.1, -0.05) is 11.6 Å². The molecule has 5 heteroatoms. The van der Waals surface area contributed by atoms with E-state index in [4.69, 9.17) is 11.0 Å². The van der Waals surface area contributed by atoms with Crippen molar-refractivity contribution in [3.63, 3.8) is 0 Å². The van der Waals surface area contributed by atoms with Crippen LogP contribution < -0.4 is 11.1 Å². The van der Waals surface area contributed by atoms with E-state index < -0.39 is 11.7 Å². The van der Waals surface area contributed by atoms with Gasteiger partial charge >= 0.3 is 0 Å². The van der Waals surface area contributed by atoms with Crippen LogP contribution in [0.15, 0.2) is 30.3 Å². The molecule has 0 atom stereocenters. The van der Waals surface area contributed by atoms with E-state index in [-0.39, 0.29) is 16.8 Å². The van der Waals surface area contributed by atoms with E-state index in [2.05, 4.69) is 5.32 Å². The maximum Gasteiger partial charge on any atom is 0.257 e. The van der Waals surface area contributed by atoms with Crippen molar-refractivity contribution in [3.8, 4) is 6.07 Å². The second-order valence-corrected chi connectivity index (χ2v) is 4.79. The van der Waals surface area contributed by atoms with Crippen LogP contribution in [-0.4, -0.2) is 5.91 Å². The first-order valence-corrected chi connectivity index (χ1v) is 6.30. The molecule has 4 nitrogen and oxygen atoms in total. The summed E-state index contributed by atoms with van der Waals surface area (Å²) >= 11 is 0. The molecular weight excluding hydrogens is 269 g/mol. The maximum atomic E-state index is 13.7. The molecule has 0 bridgehead atoms. The Morgan fingerprint density at radius 2 is 2.00 bits per heavy atom. The second-order valence-electron chi connectivity index (χ2n) is 4.79. The van der Waals surface area contributed by atoms with E-state index in [1.165, 1.54) is 13.0 Å². The zero-order valence-corrected chi connectivity index (χ0v) is 11.7. The number of nitrogens with one attached hydrogen (secondary N) is 1. The standard InChI is InChI=1S/C16H14FN3O/c1-9-3-4-14(19)12(5-9)16(21)20-15-7-11(8-18)6-13(17)10(15)2/h3-7H,19H2,1-2H3,(H,20,21). The zero-order valence-electron chi connectivity index (χ0n) is 11.7. The third-order valence-corrected chi connectivity index (χ3v) is 3.18. The highest BCUT2D eigenvalue weighted by atomic mass is 19.1. The molecule has 0 fully saturated rings. The predicted octanol–water partition coefficient (Wildman–Crippen LogP) is 3.15. The van der Waals surface area contributed by atoms with Gasteiger partial charge in [0.1, 0.15) is 5.82 Å². The van der Waals surface area contributed by atoms with Gasteiger partial charge in [-0.25, -0.2) is 4.39 Å². The number of nitriles is 1. The number of hydrogen-bond acceptors (Lipinski definition) is 3. The molecule has 1 amide bonds. The van der Waals surface area contributed by atoms with Crippen molar-refractivity contribution >= 4 is 17.3 Å². The average Bonchev–Trinajstić information content (AvgIpc) is 2.46. The fraction of sp³-hybridized carbons (Fsp3) is 0.125. The molecular formula is C16H14FN3O. The summed E-state index contributed by atoms with van der Waals surface area (Å²) in [6.07, 6.45) is 0. The quantitative estimate of drug-likeness (QED) is 0.831. The summed E-state index contributed by atoms with van der Waals surface area (Å²) in [4.78, 5) is 12.3. The van der Waals surface area contributed by atoms with Gasteiger partial charge in [0.25, 0.3) is 5.91 Å². The number of rotatable bonds is 2. The Kier molecular flexibility index (Phi) is 3.90. The Morgan fingerprint density at radius 1 is 1.29 bits per heavy atom. The van der Waals surface area contributed by atoms with Crippen LogP contribution in [0.25, 0.3) is 0 Å². The minimum absolute atomic E-state index is 0.144. The van der Waals surface area contributed by atoms with Gasteiger partial charge in [-0.15, -0.1) is 0 Å². The summed E-state index contributed by atoms with van der Waals surface area (Å²) < 4.78 is 13.7. The summed E-state index contributed by atoms with van der Waals surface area (Å²) in [6, 6.07) is 9.52. The average molecular weight is 283 g/mol. The molecule has 0 aliphatic carbocycles. The predicted molar refractivity (Wildman–Crippen MR) is 79.4 cm³/mol. The fourth-order valence-electron chi connectivity index (χ4n) is 1.93. The Balaban J connectivity index is 2.38. The van der Waals surface area contributed by atoms with Crippen molar-refractivity contribution in [1.82, 2.24) is 0 Å². The highest BCUT2D eigenvalue weighted by molar-refractivity contribution is 6.08. The van der Waals surface area contributed by atoms with Gasteiger partial charge in [0, 0.05) is 16.9 Å². The zero-order chi connectivity index (χ0) is 15.6. The van der Waals surface area contributed by atoms with Crippen LogP contribution in [-0.2, 0) is 0 Å². The first-order valence-electron chi connectivity index (χ1n) is 6.30. The van der Waals surface area contributed by atoms with Gasteiger partial charge in [-0.3, -0.25) is 4.79 Å². The number of nitrogens with zero attached hydrogens (tertiary/aromatic N) is 1. The van der Waals surface area contributed by atoms with Crippen molar-refractivity contribution in [3.05, 3.63) is 58.4 Å². The number of hydrogen-bond donors (Lipinski definition) is 2. The van der Waals surface area contributed by atoms with E-state index in [0.29, 0.717) is 11.3 Å². The topological polar surface area (TPSA) is 78.9 Å². The first-order chi connectivity index (χ1) is 9.92. The molecule has 0 aromatic heterocycles. The molecule has 106 valence electrons. The number of nitrogen functional groups attached to an aromatic ring is 1. The molecule has 0 aliphatic rings. The van der Waals surface area contributed by atoms with Gasteiger partial charge in [0.15, 0.2) is 0 Å². The molecule has 2 aromatic carbocycles. The molecule has 0 unspecified atom stereocenters. The maximum absolute atomic E-state index is 13.7. The van der Waals surface area contributed by atoms with E-state index >= 15 is 0 Å². The monoisotopic (exact) mass is 283 g/mol. The van der Waals surface area contributed by atoms with Gasteiger partial charge in [-0.05, 0) is 38.1 Å². The summed E-state index contributed by atoms with van der Waals surface area (Å²) in [5, 5.41) is 11.5. The number of aryl methyl sites for hydroxylation is 1. The van der Waals surface area contributed by atoms with Gasteiger partial charge in [-0.2, -0.15) is 5.26 Å². The summed E-state index contributed by atoms with van der Waals surface area (Å²) in [5.41, 5.74) is 8.01. The Labute approximate surface area is 122 Å². The van der Waals surface area contributed by atoms with Crippen molar-refractivity contribution < 1.29 is 9.18 Å². The number of halogens is 1. The number of benzene rings is 2. The number of anilines is 2. The number of nitrogens with two attached hydrogens (primary N) is 1. The number of carbonyl (C=O) groups is 1. The number of carbonyl (C=O) groups excluding carboxylic acids is 1. The number of amides is 1. The Morgan fingerprint density at radius 3 is 2.67 bits per heavy atom. The van der Waals surface area contributed by atoms with Crippen LogP contribution in [0.4, 0.5) is 15.8 Å². The molecule has 0 radical (unpaired) electrons. The van der Waals surface area contributed by atoms with E-state index in [1.807, 2.05) is 13.0 Å².